The lowest BCUT2D eigenvalue weighted by Gasteiger charge is -2.13. The number of hydrogen-bond acceptors (Lipinski definition) is 3. The van der Waals surface area contributed by atoms with E-state index in [1.165, 1.54) is 18.3 Å². The molecule has 1 atom stereocenters. The Kier molecular flexibility index (Phi) is 5.49. The molecular weight excluding hydrogens is 305 g/mol. The molecule has 21 heavy (non-hydrogen) atoms. The van der Waals surface area contributed by atoms with E-state index in [2.05, 4.69) is 9.38 Å². The van der Waals surface area contributed by atoms with E-state index in [0.717, 1.165) is 0 Å². The fourth-order valence-electron chi connectivity index (χ4n) is 1.19. The van der Waals surface area contributed by atoms with Crippen LogP contribution in [0.1, 0.15) is 32.2 Å². The van der Waals surface area contributed by atoms with E-state index in [4.69, 9.17) is 4.74 Å². The van der Waals surface area contributed by atoms with Crippen LogP contribution in [0.4, 0.5) is 13.2 Å². The van der Waals surface area contributed by atoms with Crippen LogP contribution >= 0.6 is 0 Å². The Morgan fingerprint density at radius 1 is 1.33 bits per heavy atom. The van der Waals surface area contributed by atoms with Gasteiger partial charge in [-0.25, -0.2) is 9.19 Å². The van der Waals surface area contributed by atoms with Crippen LogP contribution < -0.4 is 4.74 Å². The monoisotopic (exact) mass is 322 g/mol. The molecule has 8 heteroatoms. The molecule has 1 aromatic rings. The van der Waals surface area contributed by atoms with Gasteiger partial charge in [-0.2, -0.15) is 17.6 Å². The van der Waals surface area contributed by atoms with Crippen molar-refractivity contribution in [2.24, 2.45) is 4.40 Å². The summed E-state index contributed by atoms with van der Waals surface area (Å²) >= 11 is 0. The lowest BCUT2D eigenvalue weighted by Crippen LogP contribution is -2.21. The van der Waals surface area contributed by atoms with Crippen molar-refractivity contribution in [3.05, 3.63) is 23.5 Å². The van der Waals surface area contributed by atoms with Gasteiger partial charge in [0, 0.05) is 5.69 Å². The van der Waals surface area contributed by atoms with E-state index in [1.54, 1.807) is 27.7 Å². The molecular formula is C13H17F3N2O2S. The summed E-state index contributed by atoms with van der Waals surface area (Å²) in [5, 5.41) is 0. The van der Waals surface area contributed by atoms with Crippen molar-refractivity contribution in [3.63, 3.8) is 0 Å². The van der Waals surface area contributed by atoms with Gasteiger partial charge >= 0.3 is 6.18 Å². The molecule has 0 saturated heterocycles. The van der Waals surface area contributed by atoms with Crippen molar-refractivity contribution in [2.75, 3.05) is 6.61 Å². The van der Waals surface area contributed by atoms with Crippen LogP contribution in [-0.2, 0) is 11.0 Å². The predicted octanol–water partition coefficient (Wildman–Crippen LogP) is 3.21. The molecule has 4 nitrogen and oxygen atoms in total. The Bertz CT molecular complexity index is 551. The lowest BCUT2D eigenvalue weighted by atomic mass is 10.3. The van der Waals surface area contributed by atoms with Gasteiger partial charge in [0.25, 0.3) is 0 Å². The molecule has 0 amide bonds. The number of hydrogen-bond donors (Lipinski definition) is 0. The first-order valence-corrected chi connectivity index (χ1v) is 7.23. The van der Waals surface area contributed by atoms with E-state index in [-0.39, 0.29) is 11.4 Å². The molecule has 0 radical (unpaired) electrons. The summed E-state index contributed by atoms with van der Waals surface area (Å²) < 4.78 is 56.4. The third-order valence-electron chi connectivity index (χ3n) is 2.21. The van der Waals surface area contributed by atoms with Crippen LogP contribution in [0.25, 0.3) is 0 Å². The largest absolute Gasteiger partial charge is 0.482 e. The van der Waals surface area contributed by atoms with Gasteiger partial charge in [-0.1, -0.05) is 0 Å². The minimum absolute atomic E-state index is 0.0485. The Hall–Kier alpha value is -1.44. The molecule has 1 aromatic heterocycles. The first-order valence-electron chi connectivity index (χ1n) is 6.12. The highest BCUT2D eigenvalue weighted by Gasteiger charge is 2.29. The zero-order valence-corrected chi connectivity index (χ0v) is 13.0. The molecule has 0 aliphatic carbocycles. The summed E-state index contributed by atoms with van der Waals surface area (Å²) in [5.74, 6) is -0.0485. The van der Waals surface area contributed by atoms with Crippen LogP contribution in [0.5, 0.6) is 5.75 Å². The summed E-state index contributed by atoms with van der Waals surface area (Å²) in [6.07, 6.45) is -3.26. The SMILES string of the molecule is Cc1ccc(OCC(F)(F)F)c(/C=N/[S@](=O)C(C)(C)C)n1. The maximum Gasteiger partial charge on any atom is 0.422 e. The molecule has 0 aliphatic heterocycles. The highest BCUT2D eigenvalue weighted by atomic mass is 32.2. The van der Waals surface area contributed by atoms with Crippen LogP contribution in [0.15, 0.2) is 16.5 Å². The lowest BCUT2D eigenvalue weighted by molar-refractivity contribution is -0.153. The minimum Gasteiger partial charge on any atom is -0.482 e. The Labute approximate surface area is 124 Å². The molecule has 0 saturated carbocycles. The summed E-state index contributed by atoms with van der Waals surface area (Å²) in [4.78, 5) is 4.05. The number of nitrogens with zero attached hydrogens (tertiary/aromatic N) is 2. The first kappa shape index (κ1) is 17.6. The van der Waals surface area contributed by atoms with E-state index < -0.39 is 28.5 Å². The second-order valence-corrected chi connectivity index (χ2v) is 7.27. The molecule has 0 fully saturated rings. The normalized spacial score (nSPS) is 14.4. The average Bonchev–Trinajstić information content (AvgIpc) is 2.32. The quantitative estimate of drug-likeness (QED) is 0.800. The number of rotatable bonds is 4. The van der Waals surface area contributed by atoms with Crippen molar-refractivity contribution in [1.82, 2.24) is 4.98 Å². The van der Waals surface area contributed by atoms with E-state index in [9.17, 15) is 17.4 Å². The second-order valence-electron chi connectivity index (χ2n) is 5.34. The number of ether oxygens (including phenoxy) is 1. The Morgan fingerprint density at radius 3 is 2.48 bits per heavy atom. The molecule has 1 heterocycles. The van der Waals surface area contributed by atoms with Gasteiger partial charge in [0.15, 0.2) is 6.61 Å². The number of aryl methyl sites for hydroxylation is 1. The molecule has 118 valence electrons. The summed E-state index contributed by atoms with van der Waals surface area (Å²) in [7, 11) is -1.52. The highest BCUT2D eigenvalue weighted by molar-refractivity contribution is 7.85. The van der Waals surface area contributed by atoms with Gasteiger partial charge in [0.1, 0.15) is 22.4 Å². The summed E-state index contributed by atoms with van der Waals surface area (Å²) in [6, 6.07) is 2.92. The molecule has 0 N–H and O–H groups in total. The zero-order chi connectivity index (χ0) is 16.3. The first-order chi connectivity index (χ1) is 9.49. The van der Waals surface area contributed by atoms with Crippen LogP contribution in [0, 0.1) is 6.92 Å². The standard InChI is InChI=1S/C13H17F3N2O2S/c1-9-5-6-11(20-8-13(14,15)16)10(18-9)7-17-21(19)12(2,3)4/h5-7H,8H2,1-4H3/b17-7+/t21-/m1/s1. The van der Waals surface area contributed by atoms with Crippen molar-refractivity contribution in [3.8, 4) is 5.75 Å². The predicted molar refractivity (Wildman–Crippen MR) is 76.0 cm³/mol. The third kappa shape index (κ3) is 6.24. The van der Waals surface area contributed by atoms with Crippen molar-refractivity contribution in [1.29, 1.82) is 0 Å². The highest BCUT2D eigenvalue weighted by Crippen LogP contribution is 2.21. The van der Waals surface area contributed by atoms with E-state index in [1.807, 2.05) is 0 Å². The van der Waals surface area contributed by atoms with Gasteiger partial charge in [-0.15, -0.1) is 0 Å². The summed E-state index contributed by atoms with van der Waals surface area (Å²) in [6.45, 7) is 5.49. The fourth-order valence-corrected chi connectivity index (χ4v) is 1.71. The van der Waals surface area contributed by atoms with Gasteiger partial charge < -0.3 is 4.74 Å². The zero-order valence-electron chi connectivity index (χ0n) is 12.2. The van der Waals surface area contributed by atoms with Crippen LogP contribution in [-0.4, -0.2) is 32.9 Å². The second kappa shape index (κ2) is 6.55. The van der Waals surface area contributed by atoms with Crippen LogP contribution in [0.3, 0.4) is 0 Å². The van der Waals surface area contributed by atoms with E-state index in [0.29, 0.717) is 5.69 Å². The Balaban J connectivity index is 2.97. The average molecular weight is 322 g/mol. The molecule has 0 spiro atoms. The molecule has 0 unspecified atom stereocenters. The van der Waals surface area contributed by atoms with E-state index >= 15 is 0 Å². The van der Waals surface area contributed by atoms with Crippen LogP contribution in [0.2, 0.25) is 0 Å². The Morgan fingerprint density at radius 2 is 1.95 bits per heavy atom. The molecule has 1 rings (SSSR count). The molecule has 0 bridgehead atoms. The number of pyridine rings is 1. The fraction of sp³-hybridized carbons (Fsp3) is 0.538. The van der Waals surface area contributed by atoms with Gasteiger partial charge in [0.2, 0.25) is 0 Å². The smallest absolute Gasteiger partial charge is 0.422 e. The van der Waals surface area contributed by atoms with Gasteiger partial charge in [0.05, 0.1) is 11.0 Å². The van der Waals surface area contributed by atoms with Crippen molar-refractivity contribution >= 4 is 17.2 Å². The van der Waals surface area contributed by atoms with Gasteiger partial charge in [-0.05, 0) is 39.8 Å². The summed E-state index contributed by atoms with van der Waals surface area (Å²) in [5.41, 5.74) is 0.717. The molecule has 0 aliphatic rings. The topological polar surface area (TPSA) is 51.5 Å². The number of aromatic nitrogens is 1. The minimum atomic E-state index is -4.44. The third-order valence-corrected chi connectivity index (χ3v) is 3.56. The number of halogens is 3. The maximum absolute atomic E-state index is 12.2. The van der Waals surface area contributed by atoms with Crippen molar-refractivity contribution in [2.45, 2.75) is 38.6 Å². The van der Waals surface area contributed by atoms with Gasteiger partial charge in [-0.3, -0.25) is 0 Å². The molecule has 0 aromatic carbocycles. The number of alkyl halides is 3. The maximum atomic E-state index is 12.2. The van der Waals surface area contributed by atoms with Crippen molar-refractivity contribution < 1.29 is 22.1 Å².